The number of aliphatic hydroxyl groups excluding tert-OH is 1. The van der Waals surface area contributed by atoms with Crippen molar-refractivity contribution in [3.63, 3.8) is 0 Å². The molecule has 0 saturated carbocycles. The second-order valence-electron chi connectivity index (χ2n) is 5.20. The van der Waals surface area contributed by atoms with E-state index in [1.165, 1.54) is 6.26 Å². The van der Waals surface area contributed by atoms with Crippen LogP contribution in [-0.4, -0.2) is 50.8 Å². The number of hydrogen-bond acceptors (Lipinski definition) is 5. The molecule has 0 aliphatic rings. The van der Waals surface area contributed by atoms with Crippen LogP contribution in [0.2, 0.25) is 5.02 Å². The summed E-state index contributed by atoms with van der Waals surface area (Å²) < 4.78 is 27.6. The standard InChI is InChI=1S/C14H22ClNO4S/c1-11(10-21(2,18)19)16-7-14(17)9-20-8-12-3-5-13(15)6-4-12/h3-6,11,14,16-17H,7-10H2,1-2H3. The average molecular weight is 336 g/mol. The minimum absolute atomic E-state index is 0.0470. The molecule has 0 heterocycles. The van der Waals surface area contributed by atoms with Gasteiger partial charge in [-0.3, -0.25) is 0 Å². The molecule has 0 saturated heterocycles. The first-order valence-corrected chi connectivity index (χ1v) is 9.11. The van der Waals surface area contributed by atoms with Gasteiger partial charge in [0.05, 0.1) is 25.1 Å². The lowest BCUT2D eigenvalue weighted by Crippen LogP contribution is -2.39. The lowest BCUT2D eigenvalue weighted by atomic mass is 10.2. The molecule has 1 aromatic rings. The van der Waals surface area contributed by atoms with Crippen LogP contribution in [-0.2, 0) is 21.2 Å². The Labute approximate surface area is 131 Å². The van der Waals surface area contributed by atoms with Crippen LogP contribution in [0.4, 0.5) is 0 Å². The van der Waals surface area contributed by atoms with Crippen molar-refractivity contribution < 1.29 is 18.3 Å². The van der Waals surface area contributed by atoms with Crippen LogP contribution in [0.15, 0.2) is 24.3 Å². The second-order valence-corrected chi connectivity index (χ2v) is 7.82. The van der Waals surface area contributed by atoms with E-state index >= 15 is 0 Å². The van der Waals surface area contributed by atoms with Crippen LogP contribution in [0.1, 0.15) is 12.5 Å². The van der Waals surface area contributed by atoms with Crippen molar-refractivity contribution in [1.29, 1.82) is 0 Å². The van der Waals surface area contributed by atoms with Crippen molar-refractivity contribution in [2.75, 3.05) is 25.2 Å². The smallest absolute Gasteiger partial charge is 0.148 e. The van der Waals surface area contributed by atoms with E-state index in [-0.39, 0.29) is 24.9 Å². The van der Waals surface area contributed by atoms with E-state index in [1.807, 2.05) is 12.1 Å². The summed E-state index contributed by atoms with van der Waals surface area (Å²) in [6, 6.07) is 7.09. The number of rotatable bonds is 9. The maximum atomic E-state index is 11.1. The molecule has 0 aliphatic carbocycles. The van der Waals surface area contributed by atoms with Crippen LogP contribution in [0, 0.1) is 0 Å². The van der Waals surface area contributed by atoms with Crippen molar-refractivity contribution >= 4 is 21.4 Å². The highest BCUT2D eigenvalue weighted by atomic mass is 35.5. The molecule has 2 atom stereocenters. The largest absolute Gasteiger partial charge is 0.389 e. The third-order valence-corrected chi connectivity index (χ3v) is 4.10. The summed E-state index contributed by atoms with van der Waals surface area (Å²) in [5.74, 6) is 0.0470. The fraction of sp³-hybridized carbons (Fsp3) is 0.571. The van der Waals surface area contributed by atoms with Gasteiger partial charge in [0.15, 0.2) is 0 Å². The first-order valence-electron chi connectivity index (χ1n) is 6.67. The Kier molecular flexibility index (Phi) is 7.62. The molecule has 0 radical (unpaired) electrons. The van der Waals surface area contributed by atoms with Gasteiger partial charge in [-0.15, -0.1) is 0 Å². The summed E-state index contributed by atoms with van der Waals surface area (Å²) in [4.78, 5) is 0. The van der Waals surface area contributed by atoms with Gasteiger partial charge in [0, 0.05) is 23.9 Å². The molecular formula is C14H22ClNO4S. The number of halogens is 1. The molecule has 0 spiro atoms. The third kappa shape index (κ3) is 9.06. The Morgan fingerprint density at radius 3 is 2.52 bits per heavy atom. The average Bonchev–Trinajstić information content (AvgIpc) is 2.37. The number of hydrogen-bond donors (Lipinski definition) is 2. The Bertz CT molecular complexity index is 518. The summed E-state index contributed by atoms with van der Waals surface area (Å²) >= 11 is 5.78. The van der Waals surface area contributed by atoms with Crippen molar-refractivity contribution in [1.82, 2.24) is 5.32 Å². The Balaban J connectivity index is 2.19. The van der Waals surface area contributed by atoms with Gasteiger partial charge in [0.2, 0.25) is 0 Å². The summed E-state index contributed by atoms with van der Waals surface area (Å²) in [6.45, 7) is 2.63. The number of ether oxygens (including phenoxy) is 1. The molecule has 0 bridgehead atoms. The second kappa shape index (κ2) is 8.70. The normalized spacial score (nSPS) is 14.9. The monoisotopic (exact) mass is 335 g/mol. The lowest BCUT2D eigenvalue weighted by molar-refractivity contribution is 0.0281. The molecule has 0 aromatic heterocycles. The number of benzene rings is 1. The molecule has 1 rings (SSSR count). The Hall–Kier alpha value is -0.660. The van der Waals surface area contributed by atoms with E-state index in [9.17, 15) is 13.5 Å². The van der Waals surface area contributed by atoms with Crippen molar-refractivity contribution in [3.05, 3.63) is 34.9 Å². The molecule has 120 valence electrons. The minimum atomic E-state index is -3.01. The minimum Gasteiger partial charge on any atom is -0.389 e. The SMILES string of the molecule is CC(CS(C)(=O)=O)NCC(O)COCc1ccc(Cl)cc1. The summed E-state index contributed by atoms with van der Waals surface area (Å²) in [5.41, 5.74) is 0.977. The maximum Gasteiger partial charge on any atom is 0.148 e. The van der Waals surface area contributed by atoms with Crippen LogP contribution in [0.25, 0.3) is 0 Å². The summed E-state index contributed by atoms with van der Waals surface area (Å²) in [7, 11) is -3.01. The number of nitrogens with one attached hydrogen (secondary N) is 1. The van der Waals surface area contributed by atoms with Gasteiger partial charge in [0.1, 0.15) is 9.84 Å². The van der Waals surface area contributed by atoms with E-state index in [0.717, 1.165) is 5.56 Å². The molecule has 21 heavy (non-hydrogen) atoms. The Morgan fingerprint density at radius 2 is 1.95 bits per heavy atom. The predicted molar refractivity (Wildman–Crippen MR) is 84.3 cm³/mol. The van der Waals surface area contributed by atoms with Gasteiger partial charge < -0.3 is 15.2 Å². The molecule has 0 aliphatic heterocycles. The van der Waals surface area contributed by atoms with Gasteiger partial charge in [-0.25, -0.2) is 8.42 Å². The molecule has 0 amide bonds. The predicted octanol–water partition coefficient (Wildman–Crippen LogP) is 1.24. The van der Waals surface area contributed by atoms with Gasteiger partial charge >= 0.3 is 0 Å². The van der Waals surface area contributed by atoms with Crippen LogP contribution in [0.5, 0.6) is 0 Å². The molecule has 1 aromatic carbocycles. The van der Waals surface area contributed by atoms with Crippen molar-refractivity contribution in [2.24, 2.45) is 0 Å². The number of aliphatic hydroxyl groups is 1. The quantitative estimate of drug-likeness (QED) is 0.710. The van der Waals surface area contributed by atoms with E-state index in [4.69, 9.17) is 16.3 Å². The molecular weight excluding hydrogens is 314 g/mol. The first kappa shape index (κ1) is 18.4. The maximum absolute atomic E-state index is 11.1. The molecule has 2 unspecified atom stereocenters. The lowest BCUT2D eigenvalue weighted by Gasteiger charge is -2.16. The summed E-state index contributed by atoms with van der Waals surface area (Å²) in [5, 5.41) is 13.4. The highest BCUT2D eigenvalue weighted by Crippen LogP contribution is 2.10. The third-order valence-electron chi connectivity index (χ3n) is 2.75. The molecule has 5 nitrogen and oxygen atoms in total. The van der Waals surface area contributed by atoms with E-state index in [1.54, 1.807) is 19.1 Å². The highest BCUT2D eigenvalue weighted by molar-refractivity contribution is 7.90. The highest BCUT2D eigenvalue weighted by Gasteiger charge is 2.12. The zero-order valence-electron chi connectivity index (χ0n) is 12.3. The van der Waals surface area contributed by atoms with Crippen molar-refractivity contribution in [2.45, 2.75) is 25.7 Å². The first-order chi connectivity index (χ1) is 9.76. The fourth-order valence-corrected chi connectivity index (χ4v) is 2.95. The van der Waals surface area contributed by atoms with Crippen LogP contribution < -0.4 is 5.32 Å². The molecule has 2 N–H and O–H groups in total. The van der Waals surface area contributed by atoms with E-state index in [2.05, 4.69) is 5.32 Å². The van der Waals surface area contributed by atoms with E-state index in [0.29, 0.717) is 11.6 Å². The zero-order chi connectivity index (χ0) is 15.9. The Morgan fingerprint density at radius 1 is 1.33 bits per heavy atom. The van der Waals surface area contributed by atoms with Gasteiger partial charge in [-0.1, -0.05) is 23.7 Å². The molecule has 0 fully saturated rings. The van der Waals surface area contributed by atoms with E-state index < -0.39 is 15.9 Å². The fourth-order valence-electron chi connectivity index (χ4n) is 1.80. The number of sulfone groups is 1. The zero-order valence-corrected chi connectivity index (χ0v) is 13.8. The topological polar surface area (TPSA) is 75.6 Å². The van der Waals surface area contributed by atoms with Crippen molar-refractivity contribution in [3.8, 4) is 0 Å². The van der Waals surface area contributed by atoms with Gasteiger partial charge in [-0.2, -0.15) is 0 Å². The van der Waals surface area contributed by atoms with Crippen LogP contribution in [0.3, 0.4) is 0 Å². The van der Waals surface area contributed by atoms with Gasteiger partial charge in [0.25, 0.3) is 0 Å². The van der Waals surface area contributed by atoms with Crippen LogP contribution >= 0.6 is 11.6 Å². The summed E-state index contributed by atoms with van der Waals surface area (Å²) in [6.07, 6.45) is 0.510. The van der Waals surface area contributed by atoms with Gasteiger partial charge in [-0.05, 0) is 24.6 Å². The molecule has 7 heteroatoms.